The third kappa shape index (κ3) is 5.74. The lowest BCUT2D eigenvalue weighted by Crippen LogP contribution is -2.35. The highest BCUT2D eigenvalue weighted by atomic mass is 16.5. The maximum atomic E-state index is 12.2. The number of hydrogen-bond donors (Lipinski definition) is 3. The van der Waals surface area contributed by atoms with Gasteiger partial charge in [0.25, 0.3) is 0 Å². The zero-order valence-corrected chi connectivity index (χ0v) is 15.5. The summed E-state index contributed by atoms with van der Waals surface area (Å²) in [4.78, 5) is 24.2. The molecular weight excluding hydrogens is 342 g/mol. The van der Waals surface area contributed by atoms with Crippen LogP contribution in [0, 0.1) is 6.92 Å². The third-order valence-corrected chi connectivity index (χ3v) is 4.44. The molecule has 1 saturated carbocycles. The molecule has 0 heterocycles. The average Bonchev–Trinajstić information content (AvgIpc) is 3.15. The van der Waals surface area contributed by atoms with Crippen molar-refractivity contribution >= 4 is 23.3 Å². The van der Waals surface area contributed by atoms with Crippen LogP contribution in [-0.2, 0) is 4.79 Å². The number of hydrogen-bond acceptors (Lipinski definition) is 3. The topological polar surface area (TPSA) is 79.5 Å². The highest BCUT2D eigenvalue weighted by Crippen LogP contribution is 2.29. The van der Waals surface area contributed by atoms with E-state index in [2.05, 4.69) is 16.0 Å². The summed E-state index contributed by atoms with van der Waals surface area (Å²) in [6, 6.07) is 14.4. The fourth-order valence-electron chi connectivity index (χ4n) is 3.11. The number of para-hydroxylation sites is 2. The second-order valence-corrected chi connectivity index (χ2v) is 6.75. The number of rotatable bonds is 6. The Kier molecular flexibility index (Phi) is 6.30. The highest BCUT2D eigenvalue weighted by molar-refractivity contribution is 5.97. The summed E-state index contributed by atoms with van der Waals surface area (Å²) in [5.41, 5.74) is 2.35. The van der Waals surface area contributed by atoms with Gasteiger partial charge in [-0.25, -0.2) is 4.79 Å². The first-order chi connectivity index (χ1) is 13.1. The van der Waals surface area contributed by atoms with E-state index >= 15 is 0 Å². The number of urea groups is 1. The number of anilines is 2. The summed E-state index contributed by atoms with van der Waals surface area (Å²) in [5, 5.41) is 8.07. The molecule has 0 atom stereocenters. The van der Waals surface area contributed by atoms with Gasteiger partial charge in [-0.15, -0.1) is 0 Å². The molecule has 0 aliphatic heterocycles. The molecule has 2 aromatic rings. The summed E-state index contributed by atoms with van der Waals surface area (Å²) in [6.07, 6.45) is 4.66. The number of nitrogens with one attached hydrogen (secondary N) is 3. The predicted molar refractivity (Wildman–Crippen MR) is 106 cm³/mol. The molecule has 3 amide bonds. The number of aryl methyl sites for hydroxylation is 1. The molecule has 6 nitrogen and oxygen atoms in total. The molecule has 0 radical (unpaired) electrons. The van der Waals surface area contributed by atoms with Crippen molar-refractivity contribution in [3.63, 3.8) is 0 Å². The van der Waals surface area contributed by atoms with E-state index in [1.165, 1.54) is 12.8 Å². The summed E-state index contributed by atoms with van der Waals surface area (Å²) in [6.45, 7) is 1.82. The van der Waals surface area contributed by atoms with E-state index in [1.807, 2.05) is 43.3 Å². The minimum atomic E-state index is -0.425. The molecule has 1 aliphatic rings. The minimum absolute atomic E-state index is 0.130. The number of carbonyl (C=O) groups is 2. The number of carbonyl (C=O) groups excluding carboxylic acids is 2. The lowest BCUT2D eigenvalue weighted by molar-refractivity contribution is -0.115. The van der Waals surface area contributed by atoms with E-state index in [4.69, 9.17) is 4.74 Å². The van der Waals surface area contributed by atoms with E-state index in [0.29, 0.717) is 17.1 Å². The maximum absolute atomic E-state index is 12.2. The van der Waals surface area contributed by atoms with Crippen LogP contribution in [0.3, 0.4) is 0 Å². The van der Waals surface area contributed by atoms with Crippen molar-refractivity contribution in [2.24, 2.45) is 0 Å². The first-order valence-electron chi connectivity index (χ1n) is 9.27. The zero-order chi connectivity index (χ0) is 19.1. The van der Waals surface area contributed by atoms with Gasteiger partial charge in [-0.1, -0.05) is 24.3 Å². The van der Waals surface area contributed by atoms with Crippen molar-refractivity contribution in [3.05, 3.63) is 54.1 Å². The van der Waals surface area contributed by atoms with Crippen molar-refractivity contribution in [1.82, 2.24) is 5.32 Å². The van der Waals surface area contributed by atoms with Crippen molar-refractivity contribution in [2.75, 3.05) is 17.2 Å². The van der Waals surface area contributed by atoms with Crippen LogP contribution in [0.4, 0.5) is 16.2 Å². The Hall–Kier alpha value is -3.02. The molecule has 3 rings (SSSR count). The third-order valence-electron chi connectivity index (χ3n) is 4.44. The lowest BCUT2D eigenvalue weighted by Gasteiger charge is -2.17. The lowest BCUT2D eigenvalue weighted by atomic mass is 10.2. The van der Waals surface area contributed by atoms with Crippen LogP contribution in [0.2, 0.25) is 0 Å². The van der Waals surface area contributed by atoms with E-state index < -0.39 is 6.03 Å². The monoisotopic (exact) mass is 367 g/mol. The van der Waals surface area contributed by atoms with Crippen molar-refractivity contribution in [2.45, 2.75) is 38.7 Å². The van der Waals surface area contributed by atoms with Crippen LogP contribution in [0.1, 0.15) is 31.2 Å². The molecule has 142 valence electrons. The first kappa shape index (κ1) is 18.8. The van der Waals surface area contributed by atoms with E-state index in [-0.39, 0.29) is 18.6 Å². The summed E-state index contributed by atoms with van der Waals surface area (Å²) in [7, 11) is 0. The molecule has 27 heavy (non-hydrogen) atoms. The largest absolute Gasteiger partial charge is 0.488 e. The van der Waals surface area contributed by atoms with Gasteiger partial charge in [0.2, 0.25) is 5.91 Å². The van der Waals surface area contributed by atoms with Crippen molar-refractivity contribution in [1.29, 1.82) is 0 Å². The van der Waals surface area contributed by atoms with Crippen LogP contribution in [0.5, 0.6) is 5.75 Å². The van der Waals surface area contributed by atoms with Gasteiger partial charge in [0, 0.05) is 5.69 Å². The molecule has 1 aliphatic carbocycles. The molecule has 6 heteroatoms. The van der Waals surface area contributed by atoms with Gasteiger partial charge >= 0.3 is 6.03 Å². The van der Waals surface area contributed by atoms with Crippen molar-refractivity contribution < 1.29 is 14.3 Å². The van der Waals surface area contributed by atoms with Gasteiger partial charge < -0.3 is 20.7 Å². The number of benzene rings is 2. The Bertz CT molecular complexity index is 801. The van der Waals surface area contributed by atoms with Gasteiger partial charge in [0.1, 0.15) is 5.75 Å². The molecule has 1 fully saturated rings. The second-order valence-electron chi connectivity index (χ2n) is 6.75. The Morgan fingerprint density at radius 1 is 1.04 bits per heavy atom. The van der Waals surface area contributed by atoms with Crippen LogP contribution in [0.15, 0.2) is 48.5 Å². The number of ether oxygens (including phenoxy) is 1. The van der Waals surface area contributed by atoms with E-state index in [9.17, 15) is 9.59 Å². The Balaban J connectivity index is 1.49. The molecule has 0 saturated heterocycles. The average molecular weight is 367 g/mol. The van der Waals surface area contributed by atoms with Crippen LogP contribution in [-0.4, -0.2) is 24.6 Å². The SMILES string of the molecule is Cc1cccc(NC(=O)NCC(=O)Nc2ccccc2OC2CCCC2)c1. The zero-order valence-electron chi connectivity index (χ0n) is 15.5. The minimum Gasteiger partial charge on any atom is -0.488 e. The van der Waals surface area contributed by atoms with Gasteiger partial charge in [-0.3, -0.25) is 4.79 Å². The second kappa shape index (κ2) is 9.07. The normalized spacial score (nSPS) is 13.8. The van der Waals surface area contributed by atoms with Gasteiger partial charge in [-0.05, 0) is 62.4 Å². The quantitative estimate of drug-likeness (QED) is 0.720. The van der Waals surface area contributed by atoms with E-state index in [1.54, 1.807) is 12.1 Å². The molecule has 2 aromatic carbocycles. The molecular formula is C21H25N3O3. The van der Waals surface area contributed by atoms with Gasteiger partial charge in [-0.2, -0.15) is 0 Å². The fraction of sp³-hybridized carbons (Fsp3) is 0.333. The van der Waals surface area contributed by atoms with Gasteiger partial charge in [0.05, 0.1) is 18.3 Å². The molecule has 0 bridgehead atoms. The van der Waals surface area contributed by atoms with E-state index in [0.717, 1.165) is 18.4 Å². The molecule has 0 aromatic heterocycles. The smallest absolute Gasteiger partial charge is 0.319 e. The van der Waals surface area contributed by atoms with Crippen LogP contribution >= 0.6 is 0 Å². The van der Waals surface area contributed by atoms with Gasteiger partial charge in [0.15, 0.2) is 0 Å². The summed E-state index contributed by atoms with van der Waals surface area (Å²) in [5.74, 6) is 0.360. The van der Waals surface area contributed by atoms with Crippen LogP contribution < -0.4 is 20.7 Å². The van der Waals surface area contributed by atoms with Crippen molar-refractivity contribution in [3.8, 4) is 5.75 Å². The highest BCUT2D eigenvalue weighted by Gasteiger charge is 2.18. The number of amides is 3. The molecule has 0 spiro atoms. The standard InChI is InChI=1S/C21H25N3O3/c1-15-7-6-8-16(13-15)23-21(26)22-14-20(25)24-18-11-4-5-12-19(18)27-17-9-2-3-10-17/h4-8,11-13,17H,2-3,9-10,14H2,1H3,(H,24,25)(H2,22,23,26). The Morgan fingerprint density at radius 3 is 2.59 bits per heavy atom. The predicted octanol–water partition coefficient (Wildman–Crippen LogP) is 4.08. The maximum Gasteiger partial charge on any atom is 0.319 e. The Labute approximate surface area is 159 Å². The molecule has 0 unspecified atom stereocenters. The Morgan fingerprint density at radius 2 is 1.81 bits per heavy atom. The fourth-order valence-corrected chi connectivity index (χ4v) is 3.11. The first-order valence-corrected chi connectivity index (χ1v) is 9.27. The molecule has 3 N–H and O–H groups in total. The summed E-state index contributed by atoms with van der Waals surface area (Å²) >= 11 is 0. The summed E-state index contributed by atoms with van der Waals surface area (Å²) < 4.78 is 6.01. The van der Waals surface area contributed by atoms with Crippen LogP contribution in [0.25, 0.3) is 0 Å².